The summed E-state index contributed by atoms with van der Waals surface area (Å²) in [5.74, 6) is 0.737. The van der Waals surface area contributed by atoms with Crippen molar-refractivity contribution < 1.29 is 4.39 Å². The number of nitrogens with zero attached hydrogens (tertiary/aromatic N) is 2. The lowest BCUT2D eigenvalue weighted by Gasteiger charge is -2.21. The summed E-state index contributed by atoms with van der Waals surface area (Å²) in [7, 11) is 0. The van der Waals surface area contributed by atoms with Gasteiger partial charge in [-0.25, -0.2) is 9.38 Å². The molecule has 5 heteroatoms. The minimum Gasteiger partial charge on any atom is -0.370 e. The quantitative estimate of drug-likeness (QED) is 0.467. The van der Waals surface area contributed by atoms with Gasteiger partial charge in [-0.1, -0.05) is 31.0 Å². The maximum atomic E-state index is 13.7. The van der Waals surface area contributed by atoms with E-state index in [1.54, 1.807) is 6.07 Å². The SMILES string of the molecule is I.NC(=NC1CC1c1ccccc1F)N1CCCCCC1. The van der Waals surface area contributed by atoms with E-state index in [0.717, 1.165) is 25.1 Å². The highest BCUT2D eigenvalue weighted by molar-refractivity contribution is 14.0. The summed E-state index contributed by atoms with van der Waals surface area (Å²) in [6.07, 6.45) is 5.86. The first-order valence-electron chi connectivity index (χ1n) is 7.58. The first-order valence-corrected chi connectivity index (χ1v) is 7.58. The Balaban J connectivity index is 0.00000161. The van der Waals surface area contributed by atoms with Crippen molar-refractivity contribution in [3.63, 3.8) is 0 Å². The van der Waals surface area contributed by atoms with Gasteiger partial charge in [0.25, 0.3) is 0 Å². The van der Waals surface area contributed by atoms with Crippen molar-refractivity contribution >= 4 is 29.9 Å². The van der Waals surface area contributed by atoms with Crippen LogP contribution in [0.5, 0.6) is 0 Å². The van der Waals surface area contributed by atoms with Crippen molar-refractivity contribution in [3.8, 4) is 0 Å². The van der Waals surface area contributed by atoms with Crippen LogP contribution in [0.2, 0.25) is 0 Å². The topological polar surface area (TPSA) is 41.6 Å². The average Bonchev–Trinajstić information content (AvgIpc) is 3.22. The summed E-state index contributed by atoms with van der Waals surface area (Å²) in [4.78, 5) is 6.79. The number of rotatable bonds is 2. The standard InChI is InChI=1S/C16H22FN3.HI/c17-14-8-4-3-7-12(14)13-11-15(13)19-16(18)20-9-5-1-2-6-10-20;/h3-4,7-8,13,15H,1-2,5-6,9-11H2,(H2,18,19);1H. The van der Waals surface area contributed by atoms with Gasteiger partial charge in [-0.2, -0.15) is 0 Å². The number of likely N-dealkylation sites (tertiary alicyclic amines) is 1. The number of hydrogen-bond donors (Lipinski definition) is 1. The van der Waals surface area contributed by atoms with Crippen molar-refractivity contribution in [2.45, 2.75) is 44.1 Å². The fourth-order valence-electron chi connectivity index (χ4n) is 2.99. The van der Waals surface area contributed by atoms with Gasteiger partial charge in [0.05, 0.1) is 6.04 Å². The Morgan fingerprint density at radius 3 is 2.48 bits per heavy atom. The molecule has 0 amide bonds. The predicted octanol–water partition coefficient (Wildman–Crippen LogP) is 3.49. The van der Waals surface area contributed by atoms with Crippen LogP contribution >= 0.6 is 24.0 Å². The largest absolute Gasteiger partial charge is 0.370 e. The molecule has 0 radical (unpaired) electrons. The summed E-state index contributed by atoms with van der Waals surface area (Å²) in [5.41, 5.74) is 6.90. The minimum atomic E-state index is -0.122. The smallest absolute Gasteiger partial charge is 0.191 e. The molecule has 3 nitrogen and oxygen atoms in total. The molecule has 0 spiro atoms. The molecule has 21 heavy (non-hydrogen) atoms. The summed E-state index contributed by atoms with van der Waals surface area (Å²) in [5, 5.41) is 0. The summed E-state index contributed by atoms with van der Waals surface area (Å²) < 4.78 is 13.7. The van der Waals surface area contributed by atoms with Crippen LogP contribution in [0.15, 0.2) is 29.3 Å². The summed E-state index contributed by atoms with van der Waals surface area (Å²) in [6, 6.07) is 7.15. The van der Waals surface area contributed by atoms with Crippen molar-refractivity contribution in [1.82, 2.24) is 4.90 Å². The highest BCUT2D eigenvalue weighted by atomic mass is 127. The molecule has 116 valence electrons. The number of hydrogen-bond acceptors (Lipinski definition) is 1. The lowest BCUT2D eigenvalue weighted by Crippen LogP contribution is -2.38. The summed E-state index contributed by atoms with van der Waals surface area (Å²) in [6.45, 7) is 2.01. The highest BCUT2D eigenvalue weighted by Crippen LogP contribution is 2.44. The lowest BCUT2D eigenvalue weighted by atomic mass is 10.1. The van der Waals surface area contributed by atoms with E-state index in [1.165, 1.54) is 31.7 Å². The molecule has 1 aliphatic heterocycles. The van der Waals surface area contributed by atoms with Gasteiger partial charge in [-0.3, -0.25) is 0 Å². The molecular formula is C16H23FIN3. The molecule has 1 saturated carbocycles. The molecule has 1 heterocycles. The molecule has 1 aromatic carbocycles. The van der Waals surface area contributed by atoms with Crippen LogP contribution in [0.1, 0.15) is 43.6 Å². The zero-order valence-corrected chi connectivity index (χ0v) is 14.5. The Morgan fingerprint density at radius 2 is 1.81 bits per heavy atom. The third-order valence-electron chi connectivity index (χ3n) is 4.29. The second-order valence-electron chi connectivity index (χ2n) is 5.82. The molecule has 1 aromatic rings. The average molecular weight is 403 g/mol. The van der Waals surface area contributed by atoms with Gasteiger partial charge in [-0.05, 0) is 30.9 Å². The van der Waals surface area contributed by atoms with E-state index < -0.39 is 0 Å². The Morgan fingerprint density at radius 1 is 1.14 bits per heavy atom. The number of nitrogens with two attached hydrogens (primary N) is 1. The molecule has 1 saturated heterocycles. The van der Waals surface area contributed by atoms with Gasteiger partial charge >= 0.3 is 0 Å². The normalized spacial score (nSPS) is 26.0. The van der Waals surface area contributed by atoms with Gasteiger partial charge in [0.1, 0.15) is 5.82 Å². The van der Waals surface area contributed by atoms with Gasteiger partial charge < -0.3 is 10.6 Å². The molecule has 3 rings (SSSR count). The van der Waals surface area contributed by atoms with Crippen LogP contribution in [0.3, 0.4) is 0 Å². The molecule has 0 bridgehead atoms. The molecular weight excluding hydrogens is 380 g/mol. The van der Waals surface area contributed by atoms with E-state index in [1.807, 2.05) is 12.1 Å². The molecule has 2 N–H and O–H groups in total. The van der Waals surface area contributed by atoms with Gasteiger partial charge in [-0.15, -0.1) is 24.0 Å². The molecule has 0 aromatic heterocycles. The highest BCUT2D eigenvalue weighted by Gasteiger charge is 2.40. The van der Waals surface area contributed by atoms with E-state index in [4.69, 9.17) is 5.73 Å². The third kappa shape index (κ3) is 4.08. The van der Waals surface area contributed by atoms with Crippen LogP contribution in [0.25, 0.3) is 0 Å². The van der Waals surface area contributed by atoms with Crippen LogP contribution in [-0.2, 0) is 0 Å². The number of benzene rings is 1. The second kappa shape index (κ2) is 7.42. The first-order chi connectivity index (χ1) is 9.75. The van der Waals surface area contributed by atoms with Crippen LogP contribution in [-0.4, -0.2) is 30.0 Å². The Hall–Kier alpha value is -0.850. The monoisotopic (exact) mass is 403 g/mol. The van der Waals surface area contributed by atoms with Gasteiger partial charge in [0.2, 0.25) is 0 Å². The van der Waals surface area contributed by atoms with Crippen molar-refractivity contribution in [2.24, 2.45) is 10.7 Å². The fourth-order valence-corrected chi connectivity index (χ4v) is 2.99. The van der Waals surface area contributed by atoms with Crippen molar-refractivity contribution in [2.75, 3.05) is 13.1 Å². The zero-order chi connectivity index (χ0) is 13.9. The minimum absolute atomic E-state index is 0. The molecule has 2 unspecified atom stereocenters. The Kier molecular flexibility index (Phi) is 5.84. The maximum Gasteiger partial charge on any atom is 0.191 e. The van der Waals surface area contributed by atoms with Crippen LogP contribution in [0, 0.1) is 5.82 Å². The van der Waals surface area contributed by atoms with Gasteiger partial charge in [0.15, 0.2) is 5.96 Å². The van der Waals surface area contributed by atoms with E-state index in [9.17, 15) is 4.39 Å². The molecule has 2 aliphatic rings. The molecule has 1 aliphatic carbocycles. The zero-order valence-electron chi connectivity index (χ0n) is 12.2. The number of guanidine groups is 1. The van der Waals surface area contributed by atoms with Crippen molar-refractivity contribution in [3.05, 3.63) is 35.6 Å². The predicted molar refractivity (Wildman–Crippen MR) is 94.6 cm³/mol. The van der Waals surface area contributed by atoms with Gasteiger partial charge in [0, 0.05) is 19.0 Å². The first kappa shape index (κ1) is 16.5. The summed E-state index contributed by atoms with van der Waals surface area (Å²) >= 11 is 0. The van der Waals surface area contributed by atoms with Crippen LogP contribution < -0.4 is 5.73 Å². The third-order valence-corrected chi connectivity index (χ3v) is 4.29. The molecule has 2 atom stereocenters. The Bertz CT molecular complexity index is 498. The van der Waals surface area contributed by atoms with E-state index in [0.29, 0.717) is 5.96 Å². The van der Waals surface area contributed by atoms with E-state index in [2.05, 4.69) is 9.89 Å². The fraction of sp³-hybridized carbons (Fsp3) is 0.562. The maximum absolute atomic E-state index is 13.7. The van der Waals surface area contributed by atoms with Crippen LogP contribution in [0.4, 0.5) is 4.39 Å². The lowest BCUT2D eigenvalue weighted by molar-refractivity contribution is 0.428. The number of aliphatic imine (C=N–C) groups is 1. The van der Waals surface area contributed by atoms with E-state index >= 15 is 0 Å². The number of halogens is 2. The van der Waals surface area contributed by atoms with Crippen molar-refractivity contribution in [1.29, 1.82) is 0 Å². The second-order valence-corrected chi connectivity index (χ2v) is 5.82. The molecule has 2 fully saturated rings. The van der Waals surface area contributed by atoms with E-state index in [-0.39, 0.29) is 41.8 Å². The Labute approximate surface area is 142 Å².